The van der Waals surface area contributed by atoms with Crippen LogP contribution in [-0.4, -0.2) is 20.9 Å². The lowest BCUT2D eigenvalue weighted by Crippen LogP contribution is -2.01. The predicted molar refractivity (Wildman–Crippen MR) is 65.4 cm³/mol. The number of benzene rings is 1. The molecule has 0 spiro atoms. The highest BCUT2D eigenvalue weighted by atomic mass is 35.5. The van der Waals surface area contributed by atoms with E-state index in [0.717, 1.165) is 11.1 Å². The third-order valence-electron chi connectivity index (χ3n) is 2.62. The van der Waals surface area contributed by atoms with Crippen LogP contribution in [0.5, 0.6) is 0 Å². The number of hydrogen-bond acceptors (Lipinski definition) is 2. The summed E-state index contributed by atoms with van der Waals surface area (Å²) in [5.74, 6) is -0.993. The van der Waals surface area contributed by atoms with Crippen molar-refractivity contribution in [1.29, 1.82) is 0 Å². The maximum absolute atomic E-state index is 11.1. The molecule has 2 rings (SSSR count). The van der Waals surface area contributed by atoms with E-state index in [4.69, 9.17) is 16.7 Å². The van der Waals surface area contributed by atoms with Gasteiger partial charge in [0.1, 0.15) is 5.56 Å². The molecule has 0 atom stereocenters. The number of hydrogen-bond donors (Lipinski definition) is 1. The summed E-state index contributed by atoms with van der Waals surface area (Å²) < 4.78 is 1.54. The Labute approximate surface area is 103 Å². The lowest BCUT2D eigenvalue weighted by molar-refractivity contribution is 0.0697. The molecule has 1 N–H and O–H groups in total. The first kappa shape index (κ1) is 11.7. The summed E-state index contributed by atoms with van der Waals surface area (Å²) in [4.78, 5) is 11.1. The molecule has 1 aromatic heterocycles. The molecule has 0 aliphatic heterocycles. The lowest BCUT2D eigenvalue weighted by atomic mass is 10.0. The summed E-state index contributed by atoms with van der Waals surface area (Å²) in [5, 5.41) is 13.7. The van der Waals surface area contributed by atoms with Gasteiger partial charge in [-0.1, -0.05) is 17.7 Å². The molecule has 0 amide bonds. The van der Waals surface area contributed by atoms with Crippen LogP contribution in [0.25, 0.3) is 11.3 Å². The molecule has 0 saturated carbocycles. The largest absolute Gasteiger partial charge is 0.478 e. The Morgan fingerprint density at radius 3 is 2.82 bits per heavy atom. The Balaban J connectivity index is 2.71. The maximum atomic E-state index is 11.1. The number of carboxylic acids is 1. The van der Waals surface area contributed by atoms with Crippen LogP contribution in [0.3, 0.4) is 0 Å². The van der Waals surface area contributed by atoms with Gasteiger partial charge in [0.25, 0.3) is 0 Å². The van der Waals surface area contributed by atoms with E-state index in [9.17, 15) is 4.79 Å². The van der Waals surface area contributed by atoms with Crippen LogP contribution in [-0.2, 0) is 7.05 Å². The number of carbonyl (C=O) groups is 1. The molecule has 1 aromatic carbocycles. The van der Waals surface area contributed by atoms with E-state index in [2.05, 4.69) is 5.10 Å². The summed E-state index contributed by atoms with van der Waals surface area (Å²) in [6, 6.07) is 5.38. The molecule has 0 aliphatic rings. The minimum Gasteiger partial charge on any atom is -0.478 e. The van der Waals surface area contributed by atoms with Crippen LogP contribution in [0, 0.1) is 6.92 Å². The predicted octanol–water partition coefficient (Wildman–Crippen LogP) is 2.75. The number of rotatable bonds is 2. The number of halogens is 1. The van der Waals surface area contributed by atoms with Crippen LogP contribution >= 0.6 is 11.6 Å². The zero-order chi connectivity index (χ0) is 12.6. The second-order valence-corrected chi connectivity index (χ2v) is 4.23. The van der Waals surface area contributed by atoms with Gasteiger partial charge in [-0.2, -0.15) is 5.10 Å². The standard InChI is InChI=1S/C12H11ClN2O2/c1-7-3-4-8(13)5-9(7)11-10(12(16)17)6-14-15(11)2/h3-6H,1-2H3,(H,16,17). The van der Waals surface area contributed by atoms with E-state index >= 15 is 0 Å². The first-order valence-corrected chi connectivity index (χ1v) is 5.40. The van der Waals surface area contributed by atoms with Gasteiger partial charge in [-0.15, -0.1) is 0 Å². The van der Waals surface area contributed by atoms with Gasteiger partial charge in [0.2, 0.25) is 0 Å². The van der Waals surface area contributed by atoms with E-state index in [1.54, 1.807) is 23.9 Å². The SMILES string of the molecule is Cc1ccc(Cl)cc1-c1c(C(=O)O)cnn1C. The molecule has 88 valence electrons. The van der Waals surface area contributed by atoms with Gasteiger partial charge in [-0.25, -0.2) is 4.79 Å². The van der Waals surface area contributed by atoms with Crippen molar-refractivity contribution in [2.75, 3.05) is 0 Å². The minimum absolute atomic E-state index is 0.179. The highest BCUT2D eigenvalue weighted by Gasteiger charge is 2.18. The number of nitrogens with zero attached hydrogens (tertiary/aromatic N) is 2. The molecule has 0 saturated heterocycles. The van der Waals surface area contributed by atoms with Gasteiger partial charge in [0, 0.05) is 17.6 Å². The average Bonchev–Trinajstić information content (AvgIpc) is 2.64. The second kappa shape index (κ2) is 4.22. The van der Waals surface area contributed by atoms with Gasteiger partial charge in [-0.05, 0) is 24.6 Å². The fourth-order valence-electron chi connectivity index (χ4n) is 1.76. The van der Waals surface area contributed by atoms with Gasteiger partial charge < -0.3 is 5.11 Å². The van der Waals surface area contributed by atoms with E-state index in [1.165, 1.54) is 6.20 Å². The summed E-state index contributed by atoms with van der Waals surface area (Å²) in [6.45, 7) is 1.91. The first-order chi connectivity index (χ1) is 8.00. The molecular weight excluding hydrogens is 240 g/mol. The molecule has 2 aromatic rings. The maximum Gasteiger partial charge on any atom is 0.339 e. The highest BCUT2D eigenvalue weighted by Crippen LogP contribution is 2.28. The van der Waals surface area contributed by atoms with Crippen molar-refractivity contribution in [3.63, 3.8) is 0 Å². The number of aromatic carboxylic acids is 1. The van der Waals surface area contributed by atoms with Crippen LogP contribution in [0.1, 0.15) is 15.9 Å². The zero-order valence-electron chi connectivity index (χ0n) is 9.44. The Morgan fingerprint density at radius 2 is 2.18 bits per heavy atom. The minimum atomic E-state index is -0.993. The van der Waals surface area contributed by atoms with Crippen LogP contribution < -0.4 is 0 Å². The fraction of sp³-hybridized carbons (Fsp3) is 0.167. The molecule has 0 aliphatic carbocycles. The molecule has 5 heteroatoms. The van der Waals surface area contributed by atoms with Gasteiger partial charge in [0.15, 0.2) is 0 Å². The third-order valence-corrected chi connectivity index (χ3v) is 2.86. The van der Waals surface area contributed by atoms with Gasteiger partial charge in [0.05, 0.1) is 11.9 Å². The van der Waals surface area contributed by atoms with Crippen molar-refractivity contribution in [2.45, 2.75) is 6.92 Å². The smallest absolute Gasteiger partial charge is 0.339 e. The van der Waals surface area contributed by atoms with Crippen molar-refractivity contribution in [2.24, 2.45) is 7.05 Å². The fourth-order valence-corrected chi connectivity index (χ4v) is 1.93. The molecule has 0 radical (unpaired) electrons. The van der Waals surface area contributed by atoms with Gasteiger partial charge >= 0.3 is 5.97 Å². The summed E-state index contributed by atoms with van der Waals surface area (Å²) >= 11 is 5.94. The average molecular weight is 251 g/mol. The van der Waals surface area contributed by atoms with Crippen LogP contribution in [0.4, 0.5) is 0 Å². The Morgan fingerprint density at radius 1 is 1.47 bits per heavy atom. The van der Waals surface area contributed by atoms with E-state index in [0.29, 0.717) is 10.7 Å². The topological polar surface area (TPSA) is 55.1 Å². The molecule has 0 fully saturated rings. The molecule has 1 heterocycles. The van der Waals surface area contributed by atoms with Crippen molar-refractivity contribution in [1.82, 2.24) is 9.78 Å². The first-order valence-electron chi connectivity index (χ1n) is 5.02. The van der Waals surface area contributed by atoms with Crippen molar-refractivity contribution in [3.05, 3.63) is 40.5 Å². The van der Waals surface area contributed by atoms with Crippen LogP contribution in [0.15, 0.2) is 24.4 Å². The summed E-state index contributed by atoms with van der Waals surface area (Å²) in [6.07, 6.45) is 1.35. The Hall–Kier alpha value is -1.81. The van der Waals surface area contributed by atoms with E-state index in [-0.39, 0.29) is 5.56 Å². The number of aryl methyl sites for hydroxylation is 2. The Bertz CT molecular complexity index is 590. The second-order valence-electron chi connectivity index (χ2n) is 3.79. The number of carboxylic acid groups (broad SMARTS) is 1. The summed E-state index contributed by atoms with van der Waals surface area (Å²) in [5.41, 5.74) is 2.49. The van der Waals surface area contributed by atoms with Gasteiger partial charge in [-0.3, -0.25) is 4.68 Å². The zero-order valence-corrected chi connectivity index (χ0v) is 10.2. The quantitative estimate of drug-likeness (QED) is 0.892. The van der Waals surface area contributed by atoms with Crippen molar-refractivity contribution in [3.8, 4) is 11.3 Å². The lowest BCUT2D eigenvalue weighted by Gasteiger charge is -2.08. The molecule has 4 nitrogen and oxygen atoms in total. The molecule has 17 heavy (non-hydrogen) atoms. The Kier molecular flexibility index (Phi) is 2.90. The van der Waals surface area contributed by atoms with Crippen molar-refractivity contribution < 1.29 is 9.90 Å². The van der Waals surface area contributed by atoms with Crippen molar-refractivity contribution >= 4 is 17.6 Å². The van der Waals surface area contributed by atoms with E-state index < -0.39 is 5.97 Å². The highest BCUT2D eigenvalue weighted by molar-refractivity contribution is 6.30. The third kappa shape index (κ3) is 2.03. The molecule has 0 bridgehead atoms. The summed E-state index contributed by atoms with van der Waals surface area (Å²) in [7, 11) is 1.71. The molecular formula is C12H11ClN2O2. The molecule has 0 unspecified atom stereocenters. The number of aromatic nitrogens is 2. The van der Waals surface area contributed by atoms with Crippen LogP contribution in [0.2, 0.25) is 5.02 Å². The van der Waals surface area contributed by atoms with E-state index in [1.807, 2.05) is 13.0 Å². The normalized spacial score (nSPS) is 10.5. The monoisotopic (exact) mass is 250 g/mol.